The summed E-state index contributed by atoms with van der Waals surface area (Å²) in [6.07, 6.45) is 4.68. The number of nitrogens with two attached hydrogens (primary N) is 1. The number of hydrogen-bond donors (Lipinski definition) is 2. The topological polar surface area (TPSA) is 83.6 Å². The second-order valence-corrected chi connectivity index (χ2v) is 6.98. The number of nitrogens with zero attached hydrogens (tertiary/aromatic N) is 1. The van der Waals surface area contributed by atoms with Crippen LogP contribution < -0.4 is 5.73 Å². The minimum Gasteiger partial charge on any atom is -0.481 e. The molecule has 2 saturated heterocycles. The summed E-state index contributed by atoms with van der Waals surface area (Å²) >= 11 is 0. The Bertz CT molecular complexity index is 395. The number of rotatable bonds is 6. The summed E-state index contributed by atoms with van der Waals surface area (Å²) in [5.74, 6) is -0.973. The van der Waals surface area contributed by atoms with E-state index in [1.54, 1.807) is 0 Å². The lowest BCUT2D eigenvalue weighted by Crippen LogP contribution is -2.38. The molecule has 0 aliphatic carbocycles. The molecule has 0 aromatic rings. The summed E-state index contributed by atoms with van der Waals surface area (Å²) in [5, 5.41) is 9.21. The highest BCUT2D eigenvalue weighted by Gasteiger charge is 2.51. The van der Waals surface area contributed by atoms with Crippen LogP contribution in [-0.4, -0.2) is 40.5 Å². The predicted octanol–water partition coefficient (Wildman–Crippen LogP) is 1.61. The summed E-state index contributed by atoms with van der Waals surface area (Å²) < 4.78 is 0. The van der Waals surface area contributed by atoms with Crippen molar-refractivity contribution >= 4 is 11.9 Å². The lowest BCUT2D eigenvalue weighted by atomic mass is 9.84. The molecule has 2 heterocycles. The summed E-state index contributed by atoms with van der Waals surface area (Å²) in [5.41, 5.74) is 5.67. The van der Waals surface area contributed by atoms with Gasteiger partial charge in [0.15, 0.2) is 0 Å². The van der Waals surface area contributed by atoms with Crippen molar-refractivity contribution < 1.29 is 14.7 Å². The van der Waals surface area contributed by atoms with Crippen molar-refractivity contribution in [2.75, 3.05) is 6.54 Å². The Morgan fingerprint density at radius 3 is 2.55 bits per heavy atom. The van der Waals surface area contributed by atoms with Crippen LogP contribution in [0.1, 0.15) is 52.4 Å². The Morgan fingerprint density at radius 1 is 1.30 bits per heavy atom. The minimum atomic E-state index is -0.751. The predicted molar refractivity (Wildman–Crippen MR) is 76.1 cm³/mol. The molecule has 2 bridgehead atoms. The molecule has 3 unspecified atom stereocenters. The number of hydrogen-bond acceptors (Lipinski definition) is 3. The van der Waals surface area contributed by atoms with Crippen LogP contribution in [0.15, 0.2) is 0 Å². The van der Waals surface area contributed by atoms with Gasteiger partial charge in [-0.25, -0.2) is 0 Å². The van der Waals surface area contributed by atoms with Gasteiger partial charge in [-0.2, -0.15) is 0 Å². The maximum absolute atomic E-state index is 12.4. The van der Waals surface area contributed by atoms with Crippen molar-refractivity contribution in [1.29, 1.82) is 0 Å². The van der Waals surface area contributed by atoms with Crippen molar-refractivity contribution in [3.8, 4) is 0 Å². The number of amides is 1. The van der Waals surface area contributed by atoms with E-state index in [0.717, 1.165) is 25.7 Å². The normalized spacial score (nSPS) is 28.9. The summed E-state index contributed by atoms with van der Waals surface area (Å²) in [4.78, 5) is 25.5. The summed E-state index contributed by atoms with van der Waals surface area (Å²) in [6, 6.07) is 0.0915. The maximum atomic E-state index is 12.4. The molecule has 114 valence electrons. The van der Waals surface area contributed by atoms with Gasteiger partial charge in [-0.15, -0.1) is 0 Å². The fourth-order valence-corrected chi connectivity index (χ4v) is 3.73. The van der Waals surface area contributed by atoms with Crippen LogP contribution in [0.25, 0.3) is 0 Å². The fourth-order valence-electron chi connectivity index (χ4n) is 3.73. The highest BCUT2D eigenvalue weighted by molar-refractivity contribution is 5.80. The van der Waals surface area contributed by atoms with Gasteiger partial charge in [0.2, 0.25) is 5.91 Å². The Labute approximate surface area is 120 Å². The third-order valence-electron chi connectivity index (χ3n) is 4.98. The first kappa shape index (κ1) is 15.3. The monoisotopic (exact) mass is 282 g/mol. The number of carboxylic acids is 1. The van der Waals surface area contributed by atoms with E-state index >= 15 is 0 Å². The molecule has 2 rings (SSSR count). The SMILES string of the molecule is CC(C)(CCN)CCC(=O)N1C2CCC1C(C(=O)O)C2. The van der Waals surface area contributed by atoms with Gasteiger partial charge < -0.3 is 15.7 Å². The van der Waals surface area contributed by atoms with Crippen molar-refractivity contribution in [2.45, 2.75) is 64.5 Å². The van der Waals surface area contributed by atoms with Crippen LogP contribution in [0, 0.1) is 11.3 Å². The lowest BCUT2D eigenvalue weighted by molar-refractivity contribution is -0.143. The van der Waals surface area contributed by atoms with Crippen LogP contribution in [0.3, 0.4) is 0 Å². The molecule has 0 saturated carbocycles. The van der Waals surface area contributed by atoms with Crippen LogP contribution in [0.5, 0.6) is 0 Å². The molecule has 0 aromatic carbocycles. The second-order valence-electron chi connectivity index (χ2n) is 6.98. The standard InChI is InChI=1S/C15H26N2O3/c1-15(2,7-8-16)6-5-13(18)17-10-3-4-12(17)11(9-10)14(19)20/h10-12H,3-9,16H2,1-2H3,(H,19,20). The van der Waals surface area contributed by atoms with Crippen LogP contribution >= 0.6 is 0 Å². The van der Waals surface area contributed by atoms with E-state index in [1.807, 2.05) is 4.90 Å². The van der Waals surface area contributed by atoms with Gasteiger partial charge in [0, 0.05) is 18.5 Å². The highest BCUT2D eigenvalue weighted by atomic mass is 16.4. The Kier molecular flexibility index (Phi) is 4.37. The average molecular weight is 282 g/mol. The summed E-state index contributed by atoms with van der Waals surface area (Å²) in [6.45, 7) is 4.90. The zero-order chi connectivity index (χ0) is 14.9. The molecule has 0 aromatic heterocycles. The van der Waals surface area contributed by atoms with E-state index in [-0.39, 0.29) is 29.3 Å². The van der Waals surface area contributed by atoms with Gasteiger partial charge >= 0.3 is 5.97 Å². The molecule has 3 N–H and O–H groups in total. The number of aliphatic carboxylic acids is 1. The van der Waals surface area contributed by atoms with Gasteiger partial charge in [-0.05, 0) is 44.1 Å². The number of carbonyl (C=O) groups excluding carboxylic acids is 1. The van der Waals surface area contributed by atoms with Gasteiger partial charge in [0.05, 0.1) is 5.92 Å². The largest absolute Gasteiger partial charge is 0.481 e. The first-order chi connectivity index (χ1) is 9.35. The van der Waals surface area contributed by atoms with Crippen LogP contribution in [0.4, 0.5) is 0 Å². The third kappa shape index (κ3) is 2.97. The second kappa shape index (κ2) is 5.72. The van der Waals surface area contributed by atoms with Crippen LogP contribution in [-0.2, 0) is 9.59 Å². The van der Waals surface area contributed by atoms with Crippen molar-refractivity contribution in [3.05, 3.63) is 0 Å². The van der Waals surface area contributed by atoms with E-state index in [1.165, 1.54) is 0 Å². The van der Waals surface area contributed by atoms with E-state index in [4.69, 9.17) is 5.73 Å². The molecule has 20 heavy (non-hydrogen) atoms. The molecule has 2 aliphatic heterocycles. The fraction of sp³-hybridized carbons (Fsp3) is 0.867. The Hall–Kier alpha value is -1.10. The summed E-state index contributed by atoms with van der Waals surface area (Å²) in [7, 11) is 0. The van der Waals surface area contributed by atoms with E-state index in [0.29, 0.717) is 19.4 Å². The van der Waals surface area contributed by atoms with Crippen molar-refractivity contribution in [2.24, 2.45) is 17.1 Å². The van der Waals surface area contributed by atoms with E-state index < -0.39 is 5.97 Å². The van der Waals surface area contributed by atoms with Crippen LogP contribution in [0.2, 0.25) is 0 Å². The Morgan fingerprint density at radius 2 is 2.00 bits per heavy atom. The zero-order valence-electron chi connectivity index (χ0n) is 12.5. The molecule has 0 spiro atoms. The maximum Gasteiger partial charge on any atom is 0.308 e. The minimum absolute atomic E-state index is 0.0670. The molecule has 2 aliphatic rings. The lowest BCUT2D eigenvalue weighted by Gasteiger charge is -2.27. The first-order valence-corrected chi connectivity index (χ1v) is 7.60. The van der Waals surface area contributed by atoms with Gasteiger partial charge in [0.1, 0.15) is 0 Å². The molecular weight excluding hydrogens is 256 g/mol. The number of fused-ring (bicyclic) bond motifs is 2. The molecule has 3 atom stereocenters. The van der Waals surface area contributed by atoms with Gasteiger partial charge in [-0.3, -0.25) is 9.59 Å². The zero-order valence-corrected chi connectivity index (χ0v) is 12.5. The molecule has 0 radical (unpaired) electrons. The number of carbonyl (C=O) groups is 2. The molecular formula is C15H26N2O3. The molecule has 5 heteroatoms. The van der Waals surface area contributed by atoms with E-state index in [9.17, 15) is 14.7 Å². The Balaban J connectivity index is 1.92. The molecule has 2 fully saturated rings. The van der Waals surface area contributed by atoms with Gasteiger partial charge in [-0.1, -0.05) is 13.8 Å². The highest BCUT2D eigenvalue weighted by Crippen LogP contribution is 2.42. The van der Waals surface area contributed by atoms with Gasteiger partial charge in [0.25, 0.3) is 0 Å². The average Bonchev–Trinajstić information content (AvgIpc) is 2.93. The molecule has 1 amide bonds. The number of carboxylic acid groups (broad SMARTS) is 1. The van der Waals surface area contributed by atoms with Crippen molar-refractivity contribution in [1.82, 2.24) is 4.90 Å². The first-order valence-electron chi connectivity index (χ1n) is 7.60. The molecule has 5 nitrogen and oxygen atoms in total. The van der Waals surface area contributed by atoms with E-state index in [2.05, 4.69) is 13.8 Å². The van der Waals surface area contributed by atoms with Crippen molar-refractivity contribution in [3.63, 3.8) is 0 Å². The quantitative estimate of drug-likeness (QED) is 0.775. The third-order valence-corrected chi connectivity index (χ3v) is 4.98. The smallest absolute Gasteiger partial charge is 0.308 e.